The summed E-state index contributed by atoms with van der Waals surface area (Å²) in [6.45, 7) is 12.5. The summed E-state index contributed by atoms with van der Waals surface area (Å²) in [6.07, 6.45) is 3.93. The summed E-state index contributed by atoms with van der Waals surface area (Å²) in [6, 6.07) is 7.33. The minimum Gasteiger partial charge on any atom is -0.497 e. The highest BCUT2D eigenvalue weighted by Crippen LogP contribution is 2.20. The molecule has 0 aliphatic carbocycles. The first-order valence-corrected chi connectivity index (χ1v) is 8.13. The molecule has 0 unspecified atom stereocenters. The van der Waals surface area contributed by atoms with Crippen LogP contribution in [0, 0.1) is 0 Å². The Morgan fingerprint density at radius 1 is 1.08 bits per heavy atom. The van der Waals surface area contributed by atoms with Crippen LogP contribution in [0.15, 0.2) is 36.7 Å². The molecule has 0 spiro atoms. The molecule has 0 saturated heterocycles. The molecule has 2 rings (SSSR count). The van der Waals surface area contributed by atoms with Crippen LogP contribution in [0.5, 0.6) is 5.75 Å². The molecule has 0 atom stereocenters. The SMILES string of the molecule is COc1ccc(NC(=O)c2n(C(C)(C)C)cc[n+]2C(C)(C)C)cc1. The third-order valence-electron chi connectivity index (χ3n) is 3.82. The molecular formula is C19H28N3O2+. The average Bonchev–Trinajstić information content (AvgIpc) is 2.93. The first-order chi connectivity index (χ1) is 11.0. The van der Waals surface area contributed by atoms with Crippen molar-refractivity contribution in [1.82, 2.24) is 4.57 Å². The van der Waals surface area contributed by atoms with Crippen LogP contribution in [0.3, 0.4) is 0 Å². The zero-order valence-electron chi connectivity index (χ0n) is 15.7. The lowest BCUT2D eigenvalue weighted by molar-refractivity contribution is -0.755. The largest absolute Gasteiger partial charge is 0.497 e. The molecule has 1 amide bonds. The van der Waals surface area contributed by atoms with Gasteiger partial charge in [-0.25, -0.2) is 9.13 Å². The van der Waals surface area contributed by atoms with Gasteiger partial charge in [-0.15, -0.1) is 0 Å². The van der Waals surface area contributed by atoms with Gasteiger partial charge in [0.15, 0.2) is 0 Å². The van der Waals surface area contributed by atoms with Crippen molar-refractivity contribution in [2.24, 2.45) is 0 Å². The zero-order chi connectivity index (χ0) is 18.1. The van der Waals surface area contributed by atoms with Crippen molar-refractivity contribution in [3.63, 3.8) is 0 Å². The summed E-state index contributed by atoms with van der Waals surface area (Å²) < 4.78 is 9.18. The maximum atomic E-state index is 13.0. The number of carbonyl (C=O) groups is 1. The van der Waals surface area contributed by atoms with Crippen LogP contribution in [0.2, 0.25) is 0 Å². The van der Waals surface area contributed by atoms with Gasteiger partial charge in [-0.2, -0.15) is 0 Å². The number of nitrogens with zero attached hydrogens (tertiary/aromatic N) is 2. The van der Waals surface area contributed by atoms with Crippen molar-refractivity contribution in [1.29, 1.82) is 0 Å². The van der Waals surface area contributed by atoms with Crippen molar-refractivity contribution in [3.8, 4) is 5.75 Å². The van der Waals surface area contributed by atoms with Gasteiger partial charge in [0.1, 0.15) is 29.2 Å². The molecule has 24 heavy (non-hydrogen) atoms. The third kappa shape index (κ3) is 3.78. The lowest BCUT2D eigenvalue weighted by atomic mass is 10.1. The Balaban J connectivity index is 2.41. The molecule has 0 saturated carbocycles. The first-order valence-electron chi connectivity index (χ1n) is 8.13. The fraction of sp³-hybridized carbons (Fsp3) is 0.474. The van der Waals surface area contributed by atoms with E-state index >= 15 is 0 Å². The number of amides is 1. The summed E-state index contributed by atoms with van der Waals surface area (Å²) in [7, 11) is 1.62. The summed E-state index contributed by atoms with van der Waals surface area (Å²) in [5, 5.41) is 2.98. The number of hydrogen-bond acceptors (Lipinski definition) is 2. The van der Waals surface area contributed by atoms with Crippen LogP contribution in [0.1, 0.15) is 52.2 Å². The molecule has 0 bridgehead atoms. The molecule has 1 N–H and O–H groups in total. The topological polar surface area (TPSA) is 47.1 Å². The van der Waals surface area contributed by atoms with E-state index in [0.29, 0.717) is 5.82 Å². The molecule has 0 radical (unpaired) electrons. The van der Waals surface area contributed by atoms with Gasteiger partial charge < -0.3 is 10.1 Å². The van der Waals surface area contributed by atoms with Crippen molar-refractivity contribution in [2.75, 3.05) is 12.4 Å². The van der Waals surface area contributed by atoms with E-state index in [4.69, 9.17) is 4.74 Å². The quantitative estimate of drug-likeness (QED) is 0.875. The highest BCUT2D eigenvalue weighted by Gasteiger charge is 2.36. The van der Waals surface area contributed by atoms with Gasteiger partial charge >= 0.3 is 11.7 Å². The number of ether oxygens (including phenoxy) is 1. The number of methoxy groups -OCH3 is 1. The summed E-state index contributed by atoms with van der Waals surface area (Å²) in [5.74, 6) is 1.26. The molecule has 1 aromatic carbocycles. The lowest BCUT2D eigenvalue weighted by Crippen LogP contribution is -2.54. The van der Waals surface area contributed by atoms with Crippen LogP contribution in [0.4, 0.5) is 5.69 Å². The Morgan fingerprint density at radius 3 is 2.12 bits per heavy atom. The number of carbonyl (C=O) groups excluding carboxylic acids is 1. The monoisotopic (exact) mass is 330 g/mol. The Labute approximate surface area is 144 Å². The van der Waals surface area contributed by atoms with E-state index in [1.165, 1.54) is 0 Å². The van der Waals surface area contributed by atoms with E-state index < -0.39 is 0 Å². The Kier molecular flexibility index (Phi) is 4.74. The van der Waals surface area contributed by atoms with E-state index in [1.807, 2.05) is 45.8 Å². The maximum absolute atomic E-state index is 13.0. The number of hydrogen-bond donors (Lipinski definition) is 1. The molecule has 5 nitrogen and oxygen atoms in total. The highest BCUT2D eigenvalue weighted by molar-refractivity contribution is 6.00. The number of imidazole rings is 1. The Bertz CT molecular complexity index is 685. The molecule has 130 valence electrons. The van der Waals surface area contributed by atoms with Crippen molar-refractivity contribution in [3.05, 3.63) is 42.5 Å². The first kappa shape index (κ1) is 18.0. The van der Waals surface area contributed by atoms with Crippen molar-refractivity contribution >= 4 is 11.6 Å². The second-order valence-electron chi connectivity index (χ2n) is 7.89. The minimum atomic E-state index is -0.191. The molecule has 0 aliphatic rings. The Hall–Kier alpha value is -2.30. The van der Waals surface area contributed by atoms with Gasteiger partial charge in [0, 0.05) is 5.69 Å². The number of rotatable bonds is 3. The van der Waals surface area contributed by atoms with E-state index in [0.717, 1.165) is 11.4 Å². The van der Waals surface area contributed by atoms with Crippen LogP contribution in [-0.2, 0) is 11.1 Å². The standard InChI is InChI=1S/C19H27N3O2/c1-18(2,3)21-12-13-22(19(4,5)6)17(21)16(23)20-14-8-10-15(24-7)11-9-14/h8-13H,1-7H3/p+1. The number of aromatic nitrogens is 2. The van der Waals surface area contributed by atoms with Gasteiger partial charge in [0.05, 0.1) is 7.11 Å². The lowest BCUT2D eigenvalue weighted by Gasteiger charge is -2.21. The van der Waals surface area contributed by atoms with Crippen LogP contribution in [0.25, 0.3) is 0 Å². The molecule has 1 aromatic heterocycles. The summed E-state index contributed by atoms with van der Waals surface area (Å²) in [5.41, 5.74) is 0.356. The number of nitrogens with one attached hydrogen (secondary N) is 1. The van der Waals surface area contributed by atoms with Gasteiger partial charge in [-0.1, -0.05) is 0 Å². The second-order valence-corrected chi connectivity index (χ2v) is 7.89. The normalized spacial score (nSPS) is 12.1. The van der Waals surface area contributed by atoms with Gasteiger partial charge in [0.2, 0.25) is 0 Å². The summed E-state index contributed by atoms with van der Waals surface area (Å²) >= 11 is 0. The van der Waals surface area contributed by atoms with Crippen molar-refractivity contribution < 1.29 is 14.1 Å². The summed E-state index contributed by atoms with van der Waals surface area (Å²) in [4.78, 5) is 13.0. The van der Waals surface area contributed by atoms with Gasteiger partial charge in [0.25, 0.3) is 0 Å². The Morgan fingerprint density at radius 2 is 1.67 bits per heavy atom. The van der Waals surface area contributed by atoms with E-state index in [1.54, 1.807) is 7.11 Å². The molecule has 2 aromatic rings. The zero-order valence-corrected chi connectivity index (χ0v) is 15.7. The molecular weight excluding hydrogens is 302 g/mol. The average molecular weight is 330 g/mol. The van der Waals surface area contributed by atoms with Crippen LogP contribution >= 0.6 is 0 Å². The fourth-order valence-corrected chi connectivity index (χ4v) is 2.55. The molecule has 1 heterocycles. The molecule has 0 aliphatic heterocycles. The van der Waals surface area contributed by atoms with Crippen molar-refractivity contribution in [2.45, 2.75) is 52.6 Å². The third-order valence-corrected chi connectivity index (χ3v) is 3.82. The fourth-order valence-electron chi connectivity index (χ4n) is 2.55. The number of benzene rings is 1. The predicted molar refractivity (Wildman–Crippen MR) is 95.6 cm³/mol. The minimum absolute atomic E-state index is 0.130. The van der Waals surface area contributed by atoms with E-state index in [2.05, 4.69) is 46.9 Å². The van der Waals surface area contributed by atoms with E-state index in [9.17, 15) is 4.79 Å². The number of anilines is 1. The molecule has 5 heteroatoms. The van der Waals surface area contributed by atoms with Crippen LogP contribution in [-0.4, -0.2) is 17.6 Å². The van der Waals surface area contributed by atoms with Gasteiger partial charge in [-0.05, 0) is 65.8 Å². The van der Waals surface area contributed by atoms with E-state index in [-0.39, 0.29) is 17.0 Å². The maximum Gasteiger partial charge on any atom is 0.349 e. The predicted octanol–water partition coefficient (Wildman–Crippen LogP) is 3.55. The highest BCUT2D eigenvalue weighted by atomic mass is 16.5. The smallest absolute Gasteiger partial charge is 0.349 e. The molecule has 0 fully saturated rings. The van der Waals surface area contributed by atoms with Crippen LogP contribution < -0.4 is 14.6 Å². The van der Waals surface area contributed by atoms with Gasteiger partial charge in [-0.3, -0.25) is 4.79 Å². The second kappa shape index (κ2) is 6.30.